The van der Waals surface area contributed by atoms with Crippen LogP contribution in [0.5, 0.6) is 5.75 Å². The highest BCUT2D eigenvalue weighted by Crippen LogP contribution is 2.37. The molecule has 0 aliphatic carbocycles. The third-order valence-corrected chi connectivity index (χ3v) is 3.58. The maximum atomic E-state index is 10.8. The number of rotatable bonds is 3. The molecule has 1 atom stereocenters. The monoisotopic (exact) mass is 296 g/mol. The molecule has 2 aromatic rings. The lowest BCUT2D eigenvalue weighted by molar-refractivity contribution is 0.0990. The second-order valence-electron chi connectivity index (χ2n) is 4.42. The number of aliphatic hydroxyl groups is 1. The molecule has 0 bridgehead atoms. The molecule has 0 spiro atoms. The van der Waals surface area contributed by atoms with Crippen LogP contribution in [0.2, 0.25) is 10.0 Å². The molecule has 0 aliphatic rings. The molecule has 0 aromatic heterocycles. The number of benzene rings is 2. The molecule has 0 fully saturated rings. The minimum atomic E-state index is -1.21. The van der Waals surface area contributed by atoms with Gasteiger partial charge in [-0.05, 0) is 42.8 Å². The Morgan fingerprint density at radius 3 is 2.16 bits per heavy atom. The van der Waals surface area contributed by atoms with Crippen LogP contribution in [-0.4, -0.2) is 12.2 Å². The molecule has 2 rings (SSSR count). The summed E-state index contributed by atoms with van der Waals surface area (Å²) >= 11 is 11.9. The van der Waals surface area contributed by atoms with E-state index in [1.165, 1.54) is 0 Å². The van der Waals surface area contributed by atoms with Crippen LogP contribution in [0, 0.1) is 0 Å². The van der Waals surface area contributed by atoms with E-state index in [0.29, 0.717) is 21.4 Å². The van der Waals surface area contributed by atoms with Gasteiger partial charge >= 0.3 is 0 Å². The Morgan fingerprint density at radius 1 is 1.00 bits per heavy atom. The Kier molecular flexibility index (Phi) is 4.04. The van der Waals surface area contributed by atoms with Gasteiger partial charge in [-0.3, -0.25) is 0 Å². The summed E-state index contributed by atoms with van der Waals surface area (Å²) in [6.45, 7) is 1.70. The number of methoxy groups -OCH3 is 1. The fourth-order valence-electron chi connectivity index (χ4n) is 1.99. The first-order chi connectivity index (χ1) is 8.95. The van der Waals surface area contributed by atoms with Gasteiger partial charge in [0.2, 0.25) is 0 Å². The molecule has 0 aliphatic heterocycles. The van der Waals surface area contributed by atoms with E-state index in [-0.39, 0.29) is 0 Å². The van der Waals surface area contributed by atoms with Gasteiger partial charge in [0.25, 0.3) is 0 Å². The van der Waals surface area contributed by atoms with Crippen LogP contribution < -0.4 is 4.74 Å². The van der Waals surface area contributed by atoms with Gasteiger partial charge in [0.1, 0.15) is 11.4 Å². The van der Waals surface area contributed by atoms with Crippen molar-refractivity contribution >= 4 is 23.2 Å². The number of hydrogen-bond acceptors (Lipinski definition) is 2. The van der Waals surface area contributed by atoms with E-state index in [9.17, 15) is 5.11 Å². The predicted molar refractivity (Wildman–Crippen MR) is 78.1 cm³/mol. The first kappa shape index (κ1) is 14.2. The summed E-state index contributed by atoms with van der Waals surface area (Å²) in [4.78, 5) is 0. The van der Waals surface area contributed by atoms with E-state index >= 15 is 0 Å². The summed E-state index contributed by atoms with van der Waals surface area (Å²) in [7, 11) is 1.56. The molecule has 0 radical (unpaired) electrons. The Labute approximate surface area is 122 Å². The average molecular weight is 297 g/mol. The molecule has 0 saturated heterocycles. The summed E-state index contributed by atoms with van der Waals surface area (Å²) in [6.07, 6.45) is 0. The SMILES string of the molecule is COc1ccc(Cl)cc1C(C)(O)c1ccc(Cl)cc1. The maximum absolute atomic E-state index is 10.8. The van der Waals surface area contributed by atoms with Gasteiger partial charge in [-0.25, -0.2) is 0 Å². The zero-order valence-corrected chi connectivity index (χ0v) is 12.2. The third-order valence-electron chi connectivity index (χ3n) is 3.09. The number of hydrogen-bond donors (Lipinski definition) is 1. The fraction of sp³-hybridized carbons (Fsp3) is 0.200. The molecule has 2 nitrogen and oxygen atoms in total. The Bertz CT molecular complexity index is 577. The normalized spacial score (nSPS) is 13.9. The number of ether oxygens (including phenoxy) is 1. The Balaban J connectivity index is 2.55. The molecule has 0 heterocycles. The van der Waals surface area contributed by atoms with Gasteiger partial charge < -0.3 is 9.84 Å². The standard InChI is InChI=1S/C15H14Cl2O2/c1-15(18,10-3-5-11(16)6-4-10)13-9-12(17)7-8-14(13)19-2/h3-9,18H,1-2H3. The van der Waals surface area contributed by atoms with Crippen LogP contribution in [0.4, 0.5) is 0 Å². The van der Waals surface area contributed by atoms with Crippen molar-refractivity contribution in [3.63, 3.8) is 0 Å². The zero-order chi connectivity index (χ0) is 14.0. The van der Waals surface area contributed by atoms with E-state index < -0.39 is 5.60 Å². The van der Waals surface area contributed by atoms with Crippen LogP contribution in [0.15, 0.2) is 42.5 Å². The van der Waals surface area contributed by atoms with Crippen molar-refractivity contribution in [3.8, 4) is 5.75 Å². The van der Waals surface area contributed by atoms with E-state index in [1.807, 2.05) is 0 Å². The Hall–Kier alpha value is -1.22. The second kappa shape index (κ2) is 5.41. The third kappa shape index (κ3) is 2.86. The summed E-state index contributed by atoms with van der Waals surface area (Å²) in [5.41, 5.74) is 0.128. The van der Waals surface area contributed by atoms with Crippen LogP contribution >= 0.6 is 23.2 Å². The molecule has 2 aromatic carbocycles. The van der Waals surface area contributed by atoms with Crippen molar-refractivity contribution in [1.29, 1.82) is 0 Å². The fourth-order valence-corrected chi connectivity index (χ4v) is 2.29. The molecule has 19 heavy (non-hydrogen) atoms. The molecule has 4 heteroatoms. The minimum Gasteiger partial charge on any atom is -0.496 e. The van der Waals surface area contributed by atoms with Gasteiger partial charge in [-0.1, -0.05) is 35.3 Å². The molecule has 0 saturated carbocycles. The van der Waals surface area contributed by atoms with Crippen molar-refractivity contribution in [2.24, 2.45) is 0 Å². The van der Waals surface area contributed by atoms with E-state index in [0.717, 1.165) is 5.56 Å². The Morgan fingerprint density at radius 2 is 1.58 bits per heavy atom. The summed E-state index contributed by atoms with van der Waals surface area (Å²) in [5.74, 6) is 0.587. The van der Waals surface area contributed by atoms with Crippen LogP contribution in [0.1, 0.15) is 18.1 Å². The van der Waals surface area contributed by atoms with Crippen molar-refractivity contribution in [1.82, 2.24) is 0 Å². The highest BCUT2D eigenvalue weighted by Gasteiger charge is 2.29. The van der Waals surface area contributed by atoms with Crippen molar-refractivity contribution in [2.75, 3.05) is 7.11 Å². The quantitative estimate of drug-likeness (QED) is 0.917. The van der Waals surface area contributed by atoms with E-state index in [4.69, 9.17) is 27.9 Å². The lowest BCUT2D eigenvalue weighted by Gasteiger charge is -2.26. The van der Waals surface area contributed by atoms with Gasteiger partial charge in [0, 0.05) is 15.6 Å². The van der Waals surface area contributed by atoms with Crippen molar-refractivity contribution < 1.29 is 9.84 Å². The zero-order valence-electron chi connectivity index (χ0n) is 10.7. The number of halogens is 2. The molecule has 100 valence electrons. The largest absolute Gasteiger partial charge is 0.496 e. The molecule has 1 unspecified atom stereocenters. The van der Waals surface area contributed by atoms with Gasteiger partial charge in [0.05, 0.1) is 7.11 Å². The highest BCUT2D eigenvalue weighted by molar-refractivity contribution is 6.31. The smallest absolute Gasteiger partial charge is 0.125 e. The first-order valence-electron chi connectivity index (χ1n) is 5.77. The lowest BCUT2D eigenvalue weighted by atomic mass is 9.87. The lowest BCUT2D eigenvalue weighted by Crippen LogP contribution is -2.23. The van der Waals surface area contributed by atoms with Gasteiger partial charge in [-0.2, -0.15) is 0 Å². The molecular formula is C15H14Cl2O2. The van der Waals surface area contributed by atoms with Gasteiger partial charge in [0.15, 0.2) is 0 Å². The minimum absolute atomic E-state index is 0.546. The van der Waals surface area contributed by atoms with Crippen LogP contribution in [0.25, 0.3) is 0 Å². The van der Waals surface area contributed by atoms with E-state index in [1.54, 1.807) is 56.5 Å². The predicted octanol–water partition coefficient (Wildman–Crippen LogP) is 4.26. The summed E-state index contributed by atoms with van der Waals surface area (Å²) < 4.78 is 5.29. The topological polar surface area (TPSA) is 29.5 Å². The molecular weight excluding hydrogens is 283 g/mol. The first-order valence-corrected chi connectivity index (χ1v) is 6.53. The average Bonchev–Trinajstić information content (AvgIpc) is 2.39. The molecule has 1 N–H and O–H groups in total. The van der Waals surface area contributed by atoms with Crippen molar-refractivity contribution in [2.45, 2.75) is 12.5 Å². The summed E-state index contributed by atoms with van der Waals surface area (Å²) in [6, 6.07) is 12.2. The van der Waals surface area contributed by atoms with Crippen molar-refractivity contribution in [3.05, 3.63) is 63.6 Å². The van der Waals surface area contributed by atoms with Gasteiger partial charge in [-0.15, -0.1) is 0 Å². The van der Waals surface area contributed by atoms with E-state index in [2.05, 4.69) is 0 Å². The molecule has 0 amide bonds. The second-order valence-corrected chi connectivity index (χ2v) is 5.30. The highest BCUT2D eigenvalue weighted by atomic mass is 35.5. The maximum Gasteiger partial charge on any atom is 0.125 e. The van der Waals surface area contributed by atoms with Crippen LogP contribution in [0.3, 0.4) is 0 Å². The summed E-state index contributed by atoms with van der Waals surface area (Å²) in [5, 5.41) is 12.0. The van der Waals surface area contributed by atoms with Crippen LogP contribution in [-0.2, 0) is 5.60 Å².